The number of hydrogen-bond donors (Lipinski definition) is 1. The molecule has 1 N–H and O–H groups in total. The van der Waals surface area contributed by atoms with Gasteiger partial charge in [-0.05, 0) is 36.8 Å². The van der Waals surface area contributed by atoms with Crippen molar-refractivity contribution >= 4 is 21.6 Å². The summed E-state index contributed by atoms with van der Waals surface area (Å²) in [6.07, 6.45) is 3.43. The van der Waals surface area contributed by atoms with E-state index in [4.69, 9.17) is 0 Å². The Morgan fingerprint density at radius 2 is 1.61 bits per heavy atom. The minimum atomic E-state index is -0.535. The molecule has 0 amide bonds. The first kappa shape index (κ1) is 13.8. The summed E-state index contributed by atoms with van der Waals surface area (Å²) in [5.41, 5.74) is 0.00352. The summed E-state index contributed by atoms with van der Waals surface area (Å²) in [4.78, 5) is 0. The lowest BCUT2D eigenvalue weighted by Crippen LogP contribution is -2.37. The fourth-order valence-electron chi connectivity index (χ4n) is 2.81. The van der Waals surface area contributed by atoms with Crippen LogP contribution in [0.1, 0.15) is 33.1 Å². The quantitative estimate of drug-likeness (QED) is 0.812. The highest BCUT2D eigenvalue weighted by Gasteiger charge is 2.29. The van der Waals surface area contributed by atoms with Gasteiger partial charge in [0.1, 0.15) is 17.3 Å². The number of hydrogen-bond acceptors (Lipinski definition) is 1. The lowest BCUT2D eigenvalue weighted by atomic mass is 9.78. The molecule has 1 aliphatic carbocycles. The van der Waals surface area contributed by atoms with E-state index < -0.39 is 11.6 Å². The molecule has 0 radical (unpaired) electrons. The Balaban J connectivity index is 2.23. The van der Waals surface area contributed by atoms with Crippen LogP contribution in [0.5, 0.6) is 0 Å². The molecule has 0 bridgehead atoms. The first-order chi connectivity index (χ1) is 8.49. The van der Waals surface area contributed by atoms with Crippen molar-refractivity contribution in [1.82, 2.24) is 0 Å². The fourth-order valence-corrected chi connectivity index (χ4v) is 3.22. The maximum atomic E-state index is 13.8. The monoisotopic (exact) mass is 317 g/mol. The molecule has 0 heterocycles. The molecule has 2 unspecified atom stereocenters. The van der Waals surface area contributed by atoms with Crippen LogP contribution in [0.4, 0.5) is 14.5 Å². The minimum Gasteiger partial charge on any atom is -0.377 e. The van der Waals surface area contributed by atoms with Crippen molar-refractivity contribution in [1.29, 1.82) is 0 Å². The molecule has 18 heavy (non-hydrogen) atoms. The van der Waals surface area contributed by atoms with Gasteiger partial charge in [0.25, 0.3) is 0 Å². The fraction of sp³-hybridized carbons (Fsp3) is 0.571. The van der Waals surface area contributed by atoms with E-state index in [0.29, 0.717) is 16.3 Å². The molecule has 0 saturated heterocycles. The molecule has 2 atom stereocenters. The summed E-state index contributed by atoms with van der Waals surface area (Å²) in [7, 11) is 0. The Kier molecular flexibility index (Phi) is 4.25. The molecule has 1 aromatic carbocycles. The van der Waals surface area contributed by atoms with E-state index in [1.807, 2.05) is 0 Å². The maximum absolute atomic E-state index is 13.8. The predicted octanol–water partition coefficient (Wildman–Crippen LogP) is 4.96. The van der Waals surface area contributed by atoms with E-state index in [-0.39, 0.29) is 11.7 Å². The van der Waals surface area contributed by atoms with Crippen LogP contribution in [0.2, 0.25) is 0 Å². The van der Waals surface area contributed by atoms with E-state index >= 15 is 0 Å². The van der Waals surface area contributed by atoms with Crippen molar-refractivity contribution in [2.24, 2.45) is 11.8 Å². The molecule has 1 aromatic rings. The first-order valence-electron chi connectivity index (χ1n) is 6.40. The second-order valence-corrected chi connectivity index (χ2v) is 6.22. The molecule has 1 saturated carbocycles. The zero-order chi connectivity index (χ0) is 13.3. The third-order valence-electron chi connectivity index (χ3n) is 3.86. The lowest BCUT2D eigenvalue weighted by Gasteiger charge is -2.36. The number of benzene rings is 1. The summed E-state index contributed by atoms with van der Waals surface area (Å²) in [6.45, 7) is 4.28. The smallest absolute Gasteiger partial charge is 0.150 e. The Labute approximate surface area is 115 Å². The molecular formula is C14H18BrF2N. The number of rotatable bonds is 2. The Bertz CT molecular complexity index is 403. The lowest BCUT2D eigenvalue weighted by molar-refractivity contribution is 0.267. The van der Waals surface area contributed by atoms with Crippen LogP contribution in [-0.2, 0) is 0 Å². The molecule has 4 heteroatoms. The largest absolute Gasteiger partial charge is 0.377 e. The van der Waals surface area contributed by atoms with Crippen molar-refractivity contribution in [3.8, 4) is 0 Å². The van der Waals surface area contributed by atoms with Gasteiger partial charge >= 0.3 is 0 Å². The van der Waals surface area contributed by atoms with Crippen LogP contribution in [0.15, 0.2) is 16.6 Å². The van der Waals surface area contributed by atoms with Gasteiger partial charge in [0.15, 0.2) is 0 Å². The van der Waals surface area contributed by atoms with E-state index in [1.165, 1.54) is 18.6 Å². The van der Waals surface area contributed by atoms with Crippen molar-refractivity contribution in [2.45, 2.75) is 39.2 Å². The van der Waals surface area contributed by atoms with Crippen molar-refractivity contribution in [3.63, 3.8) is 0 Å². The van der Waals surface area contributed by atoms with Crippen LogP contribution >= 0.6 is 15.9 Å². The highest BCUT2D eigenvalue weighted by Crippen LogP contribution is 2.33. The second kappa shape index (κ2) is 5.55. The van der Waals surface area contributed by atoms with Crippen LogP contribution in [0, 0.1) is 23.5 Å². The summed E-state index contributed by atoms with van der Waals surface area (Å²) in [6, 6.07) is 2.73. The second-order valence-electron chi connectivity index (χ2n) is 5.30. The number of halogens is 3. The molecular weight excluding hydrogens is 300 g/mol. The number of nitrogens with one attached hydrogen (secondary N) is 1. The third kappa shape index (κ3) is 2.85. The van der Waals surface area contributed by atoms with Gasteiger partial charge < -0.3 is 5.32 Å². The van der Waals surface area contributed by atoms with E-state index in [2.05, 4.69) is 35.1 Å². The Morgan fingerprint density at radius 3 is 2.11 bits per heavy atom. The van der Waals surface area contributed by atoms with Crippen molar-refractivity contribution < 1.29 is 8.78 Å². The van der Waals surface area contributed by atoms with E-state index in [1.54, 1.807) is 0 Å². The molecule has 1 nitrogen and oxygen atoms in total. The topological polar surface area (TPSA) is 12.0 Å². The maximum Gasteiger partial charge on any atom is 0.150 e. The summed E-state index contributed by atoms with van der Waals surface area (Å²) < 4.78 is 28.0. The minimum absolute atomic E-state index is 0.00352. The SMILES string of the molecule is CC1CCCC(C)C1Nc1c(F)cc(Br)cc1F. The van der Waals surface area contributed by atoms with E-state index in [9.17, 15) is 8.78 Å². The summed E-state index contributed by atoms with van der Waals surface area (Å²) >= 11 is 3.09. The van der Waals surface area contributed by atoms with Gasteiger partial charge in [0.05, 0.1) is 0 Å². The van der Waals surface area contributed by atoms with Gasteiger partial charge in [0.2, 0.25) is 0 Å². The van der Waals surface area contributed by atoms with Gasteiger partial charge in [-0.2, -0.15) is 0 Å². The van der Waals surface area contributed by atoms with Gasteiger partial charge in [-0.25, -0.2) is 8.78 Å². The normalized spacial score (nSPS) is 28.2. The van der Waals surface area contributed by atoms with Crippen molar-refractivity contribution in [3.05, 3.63) is 28.2 Å². The van der Waals surface area contributed by atoms with Crippen LogP contribution in [-0.4, -0.2) is 6.04 Å². The highest BCUT2D eigenvalue weighted by atomic mass is 79.9. The van der Waals surface area contributed by atoms with Gasteiger partial charge in [-0.3, -0.25) is 0 Å². The Morgan fingerprint density at radius 1 is 1.11 bits per heavy atom. The first-order valence-corrected chi connectivity index (χ1v) is 7.19. The zero-order valence-electron chi connectivity index (χ0n) is 10.6. The van der Waals surface area contributed by atoms with Gasteiger partial charge in [-0.1, -0.05) is 36.2 Å². The summed E-state index contributed by atoms with van der Waals surface area (Å²) in [5.74, 6) is -0.189. The van der Waals surface area contributed by atoms with Crippen LogP contribution < -0.4 is 5.32 Å². The average molecular weight is 318 g/mol. The average Bonchev–Trinajstić information content (AvgIpc) is 2.26. The number of anilines is 1. The molecule has 1 aliphatic rings. The van der Waals surface area contributed by atoms with Crippen LogP contribution in [0.25, 0.3) is 0 Å². The molecule has 0 aromatic heterocycles. The summed E-state index contributed by atoms with van der Waals surface area (Å²) in [5, 5.41) is 3.07. The van der Waals surface area contributed by atoms with Gasteiger partial charge in [-0.15, -0.1) is 0 Å². The molecule has 2 rings (SSSR count). The van der Waals surface area contributed by atoms with Crippen LogP contribution in [0.3, 0.4) is 0 Å². The van der Waals surface area contributed by atoms with E-state index in [0.717, 1.165) is 12.8 Å². The third-order valence-corrected chi connectivity index (χ3v) is 4.32. The molecule has 0 aliphatic heterocycles. The van der Waals surface area contributed by atoms with Crippen molar-refractivity contribution in [2.75, 3.05) is 5.32 Å². The Hall–Kier alpha value is -0.640. The standard InChI is InChI=1S/C14H18BrF2N/c1-8-4-3-5-9(2)13(8)18-14-11(16)6-10(15)7-12(14)17/h6-9,13,18H,3-5H2,1-2H3. The predicted molar refractivity (Wildman–Crippen MR) is 73.6 cm³/mol. The molecule has 1 fully saturated rings. The van der Waals surface area contributed by atoms with Gasteiger partial charge in [0, 0.05) is 10.5 Å². The highest BCUT2D eigenvalue weighted by molar-refractivity contribution is 9.10. The molecule has 0 spiro atoms. The zero-order valence-corrected chi connectivity index (χ0v) is 12.2. The molecule has 100 valence electrons.